The van der Waals surface area contributed by atoms with Crippen molar-refractivity contribution in [1.82, 2.24) is 9.21 Å². The van der Waals surface area contributed by atoms with E-state index in [0.717, 1.165) is 50.0 Å². The first kappa shape index (κ1) is 26.2. The second kappa shape index (κ2) is 10.0. The monoisotopic (exact) mass is 477 g/mol. The molecule has 0 unspecified atom stereocenters. The van der Waals surface area contributed by atoms with E-state index in [2.05, 4.69) is 24.8 Å². The average molecular weight is 478 g/mol. The van der Waals surface area contributed by atoms with Gasteiger partial charge >= 0.3 is 0 Å². The number of nitrogens with zero attached hydrogens (tertiary/aromatic N) is 3. The van der Waals surface area contributed by atoms with Gasteiger partial charge in [0.25, 0.3) is 0 Å². The van der Waals surface area contributed by atoms with Crippen LogP contribution in [-0.4, -0.2) is 67.5 Å². The summed E-state index contributed by atoms with van der Waals surface area (Å²) in [5, 5.41) is 0. The van der Waals surface area contributed by atoms with Gasteiger partial charge in [-0.1, -0.05) is 26.0 Å². The first-order chi connectivity index (χ1) is 15.4. The fourth-order valence-electron chi connectivity index (χ4n) is 5.45. The lowest BCUT2D eigenvalue weighted by atomic mass is 9.69. The van der Waals surface area contributed by atoms with Gasteiger partial charge in [0, 0.05) is 24.3 Å². The topological polar surface area (TPSA) is 60.9 Å². The molecule has 2 heterocycles. The Kier molecular flexibility index (Phi) is 7.97. The molecule has 1 aromatic rings. The molecule has 0 atom stereocenters. The quantitative estimate of drug-likeness (QED) is 0.588. The molecule has 6 nitrogen and oxygen atoms in total. The molecule has 186 valence electrons. The molecule has 1 aromatic carbocycles. The van der Waals surface area contributed by atoms with Crippen molar-refractivity contribution in [3.05, 3.63) is 29.8 Å². The summed E-state index contributed by atoms with van der Waals surface area (Å²) in [6.07, 6.45) is 3.83. The fraction of sp³-hybridized carbons (Fsp3) is 0.731. The molecule has 33 heavy (non-hydrogen) atoms. The Morgan fingerprint density at radius 1 is 1.12 bits per heavy atom. The third kappa shape index (κ3) is 6.17. The van der Waals surface area contributed by atoms with Gasteiger partial charge in [-0.3, -0.25) is 9.69 Å². The summed E-state index contributed by atoms with van der Waals surface area (Å²) >= 11 is 0. The smallest absolute Gasteiger partial charge is 0.241 e. The van der Waals surface area contributed by atoms with E-state index in [1.165, 1.54) is 0 Å². The summed E-state index contributed by atoms with van der Waals surface area (Å²) in [5.74, 6) is 0.454. The normalized spacial score (nSPS) is 21.4. The number of amides is 1. The molecule has 0 aliphatic carbocycles. The van der Waals surface area contributed by atoms with Crippen molar-refractivity contribution in [2.45, 2.75) is 72.8 Å². The van der Waals surface area contributed by atoms with E-state index in [9.17, 15) is 13.2 Å². The van der Waals surface area contributed by atoms with Crippen LogP contribution in [0.4, 0.5) is 5.69 Å². The Bertz CT molecular complexity index is 934. The van der Waals surface area contributed by atoms with Gasteiger partial charge in [0.15, 0.2) is 0 Å². The van der Waals surface area contributed by atoms with Crippen molar-refractivity contribution in [3.8, 4) is 0 Å². The maximum atomic E-state index is 13.2. The highest BCUT2D eigenvalue weighted by atomic mass is 32.2. The highest BCUT2D eigenvalue weighted by Gasteiger charge is 2.48. The first-order valence-corrected chi connectivity index (χ1v) is 14.1. The van der Waals surface area contributed by atoms with Crippen LogP contribution in [-0.2, 0) is 14.8 Å². The van der Waals surface area contributed by atoms with Gasteiger partial charge in [0.1, 0.15) is 0 Å². The maximum absolute atomic E-state index is 13.2. The SMILES string of the molecule is CCN(C(=O)CN1CCC2(CC1)CCC(C)(C)N(S(=O)(=O)CC(C)C)C2)c1cccc(C)c1. The molecule has 2 saturated heterocycles. The summed E-state index contributed by atoms with van der Waals surface area (Å²) in [6.45, 7) is 15.5. The number of carbonyl (C=O) groups is 1. The number of likely N-dealkylation sites (tertiary alicyclic amines) is 1. The molecule has 3 rings (SSSR count). The van der Waals surface area contributed by atoms with Gasteiger partial charge in [-0.15, -0.1) is 0 Å². The summed E-state index contributed by atoms with van der Waals surface area (Å²) in [6, 6.07) is 8.09. The minimum absolute atomic E-state index is 0.0279. The Morgan fingerprint density at radius 2 is 1.79 bits per heavy atom. The van der Waals surface area contributed by atoms with E-state index in [1.807, 2.05) is 50.8 Å². The molecule has 0 aromatic heterocycles. The number of piperidine rings is 2. The van der Waals surface area contributed by atoms with Crippen LogP contribution < -0.4 is 4.90 Å². The number of carbonyl (C=O) groups excluding carboxylic acids is 1. The van der Waals surface area contributed by atoms with E-state index in [1.54, 1.807) is 4.31 Å². The van der Waals surface area contributed by atoms with Gasteiger partial charge in [-0.05, 0) is 95.5 Å². The Hall–Kier alpha value is -1.44. The number of rotatable bonds is 7. The zero-order valence-corrected chi connectivity index (χ0v) is 22.2. The maximum Gasteiger partial charge on any atom is 0.241 e. The lowest BCUT2D eigenvalue weighted by molar-refractivity contribution is -0.120. The van der Waals surface area contributed by atoms with Crippen LogP contribution in [0.25, 0.3) is 0 Å². The van der Waals surface area contributed by atoms with E-state index in [4.69, 9.17) is 0 Å². The number of benzene rings is 1. The zero-order valence-electron chi connectivity index (χ0n) is 21.4. The standard InChI is InChI=1S/C26H43N3O3S/c1-7-28(23-10-8-9-22(4)17-23)24(30)18-27-15-13-26(14-16-27)12-11-25(5,6)29(20-26)33(31,32)19-21(2)3/h8-10,17,21H,7,11-16,18-20H2,1-6H3. The van der Waals surface area contributed by atoms with E-state index < -0.39 is 10.0 Å². The second-order valence-electron chi connectivity index (χ2n) is 11.2. The van der Waals surface area contributed by atoms with E-state index >= 15 is 0 Å². The van der Waals surface area contributed by atoms with Crippen molar-refractivity contribution < 1.29 is 13.2 Å². The Balaban J connectivity index is 1.64. The highest BCUT2D eigenvalue weighted by Crippen LogP contribution is 2.46. The van der Waals surface area contributed by atoms with Gasteiger partial charge < -0.3 is 4.90 Å². The van der Waals surface area contributed by atoms with Gasteiger partial charge in [-0.2, -0.15) is 4.31 Å². The molecule has 0 bridgehead atoms. The van der Waals surface area contributed by atoms with Crippen molar-refractivity contribution in [2.24, 2.45) is 11.3 Å². The molecule has 2 aliphatic heterocycles. The third-order valence-electron chi connectivity index (χ3n) is 7.51. The molecule has 7 heteroatoms. The van der Waals surface area contributed by atoms with Crippen molar-refractivity contribution >= 4 is 21.6 Å². The number of likely N-dealkylation sites (N-methyl/N-ethyl adjacent to an activating group) is 1. The van der Waals surface area contributed by atoms with Crippen LogP contribution in [0.5, 0.6) is 0 Å². The zero-order chi connectivity index (χ0) is 24.4. The van der Waals surface area contributed by atoms with Crippen LogP contribution in [0.2, 0.25) is 0 Å². The van der Waals surface area contributed by atoms with Gasteiger partial charge in [-0.25, -0.2) is 8.42 Å². The minimum atomic E-state index is -3.29. The van der Waals surface area contributed by atoms with Crippen LogP contribution in [0.15, 0.2) is 24.3 Å². The van der Waals surface area contributed by atoms with Crippen LogP contribution >= 0.6 is 0 Å². The predicted molar refractivity (Wildman–Crippen MR) is 136 cm³/mol. The van der Waals surface area contributed by atoms with E-state index in [0.29, 0.717) is 19.6 Å². The number of hydrogen-bond acceptors (Lipinski definition) is 4. The largest absolute Gasteiger partial charge is 0.312 e. The molecule has 1 spiro atoms. The Morgan fingerprint density at radius 3 is 2.36 bits per heavy atom. The van der Waals surface area contributed by atoms with E-state index in [-0.39, 0.29) is 28.5 Å². The summed E-state index contributed by atoms with van der Waals surface area (Å²) in [7, 11) is -3.29. The summed E-state index contributed by atoms with van der Waals surface area (Å²) < 4.78 is 28.2. The number of sulfonamides is 1. The molecule has 2 aliphatic rings. The van der Waals surface area contributed by atoms with Crippen LogP contribution in [0, 0.1) is 18.3 Å². The number of aryl methyl sites for hydroxylation is 1. The second-order valence-corrected chi connectivity index (χ2v) is 13.2. The van der Waals surface area contributed by atoms with Crippen molar-refractivity contribution in [1.29, 1.82) is 0 Å². The molecule has 0 radical (unpaired) electrons. The lowest BCUT2D eigenvalue weighted by Gasteiger charge is -2.53. The van der Waals surface area contributed by atoms with Gasteiger partial charge in [0.05, 0.1) is 12.3 Å². The minimum Gasteiger partial charge on any atom is -0.312 e. The molecular formula is C26H43N3O3S. The predicted octanol–water partition coefficient (Wildman–Crippen LogP) is 4.29. The molecular weight excluding hydrogens is 434 g/mol. The van der Waals surface area contributed by atoms with Crippen LogP contribution in [0.3, 0.4) is 0 Å². The van der Waals surface area contributed by atoms with Crippen molar-refractivity contribution in [3.63, 3.8) is 0 Å². The number of hydrogen-bond donors (Lipinski definition) is 0. The fourth-order valence-corrected chi connectivity index (χ4v) is 7.79. The molecule has 0 N–H and O–H groups in total. The molecule has 1 amide bonds. The highest BCUT2D eigenvalue weighted by molar-refractivity contribution is 7.89. The summed E-state index contributed by atoms with van der Waals surface area (Å²) in [5.41, 5.74) is 1.80. The summed E-state index contributed by atoms with van der Waals surface area (Å²) in [4.78, 5) is 17.2. The Labute approximate surface area is 201 Å². The van der Waals surface area contributed by atoms with Crippen LogP contribution in [0.1, 0.15) is 65.9 Å². The van der Waals surface area contributed by atoms with Crippen molar-refractivity contribution in [2.75, 3.05) is 43.4 Å². The number of anilines is 1. The average Bonchev–Trinajstić information content (AvgIpc) is 2.71. The molecule has 2 fully saturated rings. The first-order valence-electron chi connectivity index (χ1n) is 12.5. The third-order valence-corrected chi connectivity index (χ3v) is 9.89. The van der Waals surface area contributed by atoms with Gasteiger partial charge in [0.2, 0.25) is 15.9 Å². The lowest BCUT2D eigenvalue weighted by Crippen LogP contribution is -2.59. The molecule has 0 saturated carbocycles.